The zero-order chi connectivity index (χ0) is 14.1. The van der Waals surface area contributed by atoms with Gasteiger partial charge in [-0.2, -0.15) is 0 Å². The van der Waals surface area contributed by atoms with Crippen LogP contribution in [0.5, 0.6) is 0 Å². The van der Waals surface area contributed by atoms with Crippen LogP contribution in [0.1, 0.15) is 0 Å². The highest BCUT2D eigenvalue weighted by atomic mass is 127. The predicted octanol–water partition coefficient (Wildman–Crippen LogP) is 4.11. The van der Waals surface area contributed by atoms with Crippen molar-refractivity contribution in [2.75, 3.05) is 5.73 Å². The third-order valence-corrected chi connectivity index (χ3v) is 4.68. The van der Waals surface area contributed by atoms with E-state index >= 15 is 0 Å². The van der Waals surface area contributed by atoms with E-state index < -0.39 is 0 Å². The van der Waals surface area contributed by atoms with Gasteiger partial charge in [-0.15, -0.1) is 0 Å². The monoisotopic (exact) mass is 397 g/mol. The van der Waals surface area contributed by atoms with Crippen molar-refractivity contribution in [1.82, 2.24) is 9.97 Å². The van der Waals surface area contributed by atoms with E-state index in [0.29, 0.717) is 14.2 Å². The molecule has 0 saturated heterocycles. The highest BCUT2D eigenvalue weighted by Gasteiger charge is 2.10. The molecular formula is C14H9FIN3S. The number of aromatic nitrogens is 2. The molecule has 0 amide bonds. The van der Waals surface area contributed by atoms with E-state index in [1.165, 1.54) is 24.2 Å². The summed E-state index contributed by atoms with van der Waals surface area (Å²) in [5.41, 5.74) is 7.35. The Morgan fingerprint density at radius 2 is 1.95 bits per heavy atom. The normalized spacial score (nSPS) is 10.9. The summed E-state index contributed by atoms with van der Waals surface area (Å²) in [6.45, 7) is 0. The van der Waals surface area contributed by atoms with Gasteiger partial charge < -0.3 is 5.73 Å². The van der Waals surface area contributed by atoms with Gasteiger partial charge in [0.1, 0.15) is 17.2 Å². The summed E-state index contributed by atoms with van der Waals surface area (Å²) < 4.78 is 14.2. The number of benzene rings is 2. The fraction of sp³-hybridized carbons (Fsp3) is 0. The smallest absolute Gasteiger partial charge is 0.137 e. The molecule has 2 N–H and O–H groups in total. The first-order chi connectivity index (χ1) is 9.65. The number of hydrogen-bond acceptors (Lipinski definition) is 4. The second-order valence-electron chi connectivity index (χ2n) is 4.10. The van der Waals surface area contributed by atoms with Crippen molar-refractivity contribution >= 4 is 50.9 Å². The molecule has 20 heavy (non-hydrogen) atoms. The van der Waals surface area contributed by atoms with Gasteiger partial charge in [0.2, 0.25) is 0 Å². The lowest BCUT2D eigenvalue weighted by atomic mass is 10.2. The van der Waals surface area contributed by atoms with Gasteiger partial charge in [-0.25, -0.2) is 14.4 Å². The molecule has 0 spiro atoms. The molecule has 0 saturated carbocycles. The fourth-order valence-electron chi connectivity index (χ4n) is 1.80. The molecule has 3 nitrogen and oxygen atoms in total. The average Bonchev–Trinajstić information content (AvgIpc) is 2.45. The molecule has 0 aliphatic heterocycles. The van der Waals surface area contributed by atoms with Crippen LogP contribution in [0.25, 0.3) is 10.9 Å². The Kier molecular flexibility index (Phi) is 3.75. The Balaban J connectivity index is 2.08. The maximum absolute atomic E-state index is 13.7. The molecule has 3 rings (SSSR count). The predicted molar refractivity (Wildman–Crippen MR) is 87.2 cm³/mol. The number of anilines is 1. The van der Waals surface area contributed by atoms with E-state index in [1.807, 2.05) is 46.9 Å². The zero-order valence-electron chi connectivity index (χ0n) is 10.2. The summed E-state index contributed by atoms with van der Waals surface area (Å²) >= 11 is 3.27. The number of nitrogens with two attached hydrogens (primary N) is 1. The summed E-state index contributed by atoms with van der Waals surface area (Å²) in [5, 5.41) is 1.70. The maximum Gasteiger partial charge on any atom is 0.137 e. The first-order valence-electron chi connectivity index (χ1n) is 5.77. The second kappa shape index (κ2) is 5.53. The van der Waals surface area contributed by atoms with Crippen molar-refractivity contribution in [1.29, 1.82) is 0 Å². The molecule has 0 fully saturated rings. The van der Waals surface area contributed by atoms with E-state index in [1.54, 1.807) is 6.07 Å². The topological polar surface area (TPSA) is 51.8 Å². The molecule has 0 bridgehead atoms. The Morgan fingerprint density at radius 1 is 1.15 bits per heavy atom. The minimum atomic E-state index is -0.277. The molecule has 0 unspecified atom stereocenters. The van der Waals surface area contributed by atoms with Crippen molar-refractivity contribution in [3.05, 3.63) is 52.1 Å². The van der Waals surface area contributed by atoms with E-state index in [2.05, 4.69) is 9.97 Å². The summed E-state index contributed by atoms with van der Waals surface area (Å²) in [7, 11) is 0. The number of hydrogen-bond donors (Lipinski definition) is 1. The second-order valence-corrected chi connectivity index (χ2v) is 6.30. The minimum Gasteiger partial charge on any atom is -0.398 e. The van der Waals surface area contributed by atoms with E-state index in [0.717, 1.165) is 15.9 Å². The molecule has 1 aromatic heterocycles. The summed E-state index contributed by atoms with van der Waals surface area (Å²) in [4.78, 5) is 9.13. The number of rotatable bonds is 2. The fourth-order valence-corrected chi connectivity index (χ4v) is 3.22. The number of fused-ring (bicyclic) bond motifs is 1. The number of halogens is 2. The number of nitrogen functional groups attached to an aromatic ring is 1. The van der Waals surface area contributed by atoms with Crippen LogP contribution in [0.15, 0.2) is 52.6 Å². The van der Waals surface area contributed by atoms with Crippen molar-refractivity contribution in [2.24, 2.45) is 0 Å². The van der Waals surface area contributed by atoms with Gasteiger partial charge in [0.25, 0.3) is 0 Å². The highest BCUT2D eigenvalue weighted by molar-refractivity contribution is 14.1. The summed E-state index contributed by atoms with van der Waals surface area (Å²) in [6, 6.07) is 10.8. The Labute approximate surface area is 132 Å². The van der Waals surface area contributed by atoms with Crippen LogP contribution >= 0.6 is 34.4 Å². The average molecular weight is 397 g/mol. The molecule has 0 aliphatic rings. The standard InChI is InChI=1S/C14H9FIN3S/c15-9-5-13(11(17)6-10(9)16)20-14-8-3-1-2-4-12(8)18-7-19-14/h1-7H,17H2. The Morgan fingerprint density at radius 3 is 2.80 bits per heavy atom. The SMILES string of the molecule is Nc1cc(I)c(F)cc1Sc1ncnc2ccccc12. The lowest BCUT2D eigenvalue weighted by Crippen LogP contribution is -1.94. The van der Waals surface area contributed by atoms with Gasteiger partial charge in [-0.05, 0) is 40.8 Å². The molecule has 0 aliphatic carbocycles. The van der Waals surface area contributed by atoms with Gasteiger partial charge in [0, 0.05) is 16.0 Å². The lowest BCUT2D eigenvalue weighted by molar-refractivity contribution is 0.617. The lowest BCUT2D eigenvalue weighted by Gasteiger charge is -2.08. The molecule has 2 aromatic carbocycles. The van der Waals surface area contributed by atoms with Crippen LogP contribution < -0.4 is 5.73 Å². The highest BCUT2D eigenvalue weighted by Crippen LogP contribution is 2.35. The quantitative estimate of drug-likeness (QED) is 0.402. The van der Waals surface area contributed by atoms with Crippen LogP contribution in [-0.4, -0.2) is 9.97 Å². The minimum absolute atomic E-state index is 0.277. The number of para-hydroxylation sites is 1. The molecule has 1 heterocycles. The van der Waals surface area contributed by atoms with Crippen molar-refractivity contribution in [2.45, 2.75) is 9.92 Å². The van der Waals surface area contributed by atoms with Crippen LogP contribution in [0.3, 0.4) is 0 Å². The molecule has 6 heteroatoms. The van der Waals surface area contributed by atoms with E-state index in [4.69, 9.17) is 5.73 Å². The van der Waals surface area contributed by atoms with Gasteiger partial charge in [0.15, 0.2) is 0 Å². The van der Waals surface area contributed by atoms with Crippen LogP contribution in [-0.2, 0) is 0 Å². The van der Waals surface area contributed by atoms with E-state index in [9.17, 15) is 4.39 Å². The Hall–Kier alpha value is -1.41. The summed E-state index contributed by atoms with van der Waals surface area (Å²) in [5.74, 6) is -0.277. The van der Waals surface area contributed by atoms with Crippen molar-refractivity contribution in [3.63, 3.8) is 0 Å². The van der Waals surface area contributed by atoms with Crippen LogP contribution in [0, 0.1) is 9.39 Å². The van der Waals surface area contributed by atoms with Gasteiger partial charge in [-0.3, -0.25) is 0 Å². The van der Waals surface area contributed by atoms with Gasteiger partial charge in [0.05, 0.1) is 9.09 Å². The van der Waals surface area contributed by atoms with Crippen LogP contribution in [0.4, 0.5) is 10.1 Å². The molecule has 100 valence electrons. The van der Waals surface area contributed by atoms with Gasteiger partial charge >= 0.3 is 0 Å². The van der Waals surface area contributed by atoms with Gasteiger partial charge in [-0.1, -0.05) is 30.0 Å². The Bertz CT molecular complexity index is 789. The maximum atomic E-state index is 13.7. The van der Waals surface area contributed by atoms with Crippen molar-refractivity contribution < 1.29 is 4.39 Å². The first kappa shape index (κ1) is 13.6. The van der Waals surface area contributed by atoms with E-state index in [-0.39, 0.29) is 5.82 Å². The number of nitrogens with zero attached hydrogens (tertiary/aromatic N) is 2. The van der Waals surface area contributed by atoms with Crippen molar-refractivity contribution in [3.8, 4) is 0 Å². The zero-order valence-corrected chi connectivity index (χ0v) is 13.2. The molecular weight excluding hydrogens is 388 g/mol. The first-order valence-corrected chi connectivity index (χ1v) is 7.67. The third kappa shape index (κ3) is 2.57. The molecule has 0 radical (unpaired) electrons. The third-order valence-electron chi connectivity index (χ3n) is 2.77. The molecule has 3 aromatic rings. The van der Waals surface area contributed by atoms with Crippen LogP contribution in [0.2, 0.25) is 0 Å². The summed E-state index contributed by atoms with van der Waals surface area (Å²) in [6.07, 6.45) is 1.50. The molecule has 0 atom stereocenters. The largest absolute Gasteiger partial charge is 0.398 e.